The molecule has 3 amide bonds. The molecule has 2 N–H and O–H groups in total. The van der Waals surface area contributed by atoms with Crippen molar-refractivity contribution in [2.24, 2.45) is 5.92 Å². The Labute approximate surface area is 284 Å². The molecular formula is C34H44FN9O5. The monoisotopic (exact) mass is 677 g/mol. The summed E-state index contributed by atoms with van der Waals surface area (Å²) in [7, 11) is 1.44. The number of halogens is 1. The van der Waals surface area contributed by atoms with Gasteiger partial charge in [-0.15, -0.1) is 0 Å². The molecular weight excluding hydrogens is 633 g/mol. The average Bonchev–Trinajstić information content (AvgIpc) is 3.63. The Hall–Kier alpha value is -4.82. The number of pyridine rings is 1. The highest BCUT2D eigenvalue weighted by molar-refractivity contribution is 5.94. The number of carbonyl (C=O) groups is 3. The summed E-state index contributed by atoms with van der Waals surface area (Å²) >= 11 is 0. The van der Waals surface area contributed by atoms with Crippen molar-refractivity contribution in [3.05, 3.63) is 48.1 Å². The van der Waals surface area contributed by atoms with Crippen LogP contribution < -0.4 is 15.0 Å². The average molecular weight is 678 g/mol. The smallest absolute Gasteiger partial charge is 0.410 e. The van der Waals surface area contributed by atoms with Crippen LogP contribution in [0.1, 0.15) is 76.6 Å². The first-order valence-corrected chi connectivity index (χ1v) is 16.7. The first-order chi connectivity index (χ1) is 23.3. The molecule has 3 fully saturated rings. The third-order valence-corrected chi connectivity index (χ3v) is 9.47. The Bertz CT molecular complexity index is 1690. The van der Waals surface area contributed by atoms with Crippen LogP contribution in [-0.2, 0) is 16.1 Å². The Morgan fingerprint density at radius 1 is 1.06 bits per heavy atom. The van der Waals surface area contributed by atoms with E-state index < -0.39 is 11.4 Å². The minimum atomic E-state index is -0.561. The molecule has 6 rings (SSSR count). The Morgan fingerprint density at radius 2 is 1.76 bits per heavy atom. The molecule has 15 heteroatoms. The maximum absolute atomic E-state index is 14.4. The lowest BCUT2D eigenvalue weighted by atomic mass is 9.88. The number of anilines is 1. The van der Waals surface area contributed by atoms with Gasteiger partial charge < -0.3 is 24.6 Å². The second-order valence-electron chi connectivity index (χ2n) is 14.3. The van der Waals surface area contributed by atoms with Gasteiger partial charge in [0.1, 0.15) is 11.4 Å². The number of aromatic amines is 1. The van der Waals surface area contributed by atoms with E-state index in [4.69, 9.17) is 9.47 Å². The molecule has 0 bridgehead atoms. The number of H-pyrrole nitrogens is 1. The van der Waals surface area contributed by atoms with Gasteiger partial charge in [-0.3, -0.25) is 19.6 Å². The highest BCUT2D eigenvalue weighted by atomic mass is 19.1. The highest BCUT2D eigenvalue weighted by Gasteiger charge is 2.54. The summed E-state index contributed by atoms with van der Waals surface area (Å²) in [5, 5.41) is 9.93. The van der Waals surface area contributed by atoms with Gasteiger partial charge in [0.05, 0.1) is 55.7 Å². The van der Waals surface area contributed by atoms with E-state index in [0.29, 0.717) is 44.0 Å². The number of hydrogen-bond acceptors (Lipinski definition) is 10. The SMILES string of the molecule is COc1cc(-c2cc(C(=O)N3CC[C@H](C(=O)NCc4ncc(N5CC(C)N(C(=O)OC(C)(C)C)C(C)C5)cn4)CC34CC4)n[nH]2)c(F)cn1. The summed E-state index contributed by atoms with van der Waals surface area (Å²) in [6.07, 6.45) is 6.94. The molecule has 14 nitrogen and oxygen atoms in total. The van der Waals surface area contributed by atoms with E-state index in [-0.39, 0.29) is 65.1 Å². The molecule has 1 aliphatic carbocycles. The molecule has 262 valence electrons. The molecule has 0 aromatic carbocycles. The van der Waals surface area contributed by atoms with Crippen LogP contribution in [0.15, 0.2) is 30.7 Å². The molecule has 2 saturated heterocycles. The van der Waals surface area contributed by atoms with Crippen molar-refractivity contribution in [2.75, 3.05) is 31.6 Å². The van der Waals surface area contributed by atoms with E-state index in [9.17, 15) is 18.8 Å². The van der Waals surface area contributed by atoms with E-state index in [1.807, 2.05) is 39.5 Å². The van der Waals surface area contributed by atoms with Gasteiger partial charge in [0, 0.05) is 42.7 Å². The number of aromatic nitrogens is 5. The molecule has 2 aliphatic heterocycles. The first-order valence-electron chi connectivity index (χ1n) is 16.7. The molecule has 3 aromatic heterocycles. The largest absolute Gasteiger partial charge is 0.481 e. The molecule has 3 atom stereocenters. The molecule has 3 aliphatic rings. The summed E-state index contributed by atoms with van der Waals surface area (Å²) in [6, 6.07) is 2.85. The quantitative estimate of drug-likeness (QED) is 0.375. The van der Waals surface area contributed by atoms with Crippen LogP contribution in [0, 0.1) is 11.7 Å². The zero-order valence-electron chi connectivity index (χ0n) is 28.8. The number of rotatable bonds is 7. The number of piperidine rings is 1. The number of likely N-dealkylation sites (tertiary alicyclic amines) is 1. The normalized spacial score (nSPS) is 21.8. The van der Waals surface area contributed by atoms with E-state index in [1.54, 1.807) is 17.3 Å². The summed E-state index contributed by atoms with van der Waals surface area (Å²) in [5.41, 5.74) is 0.640. The van der Waals surface area contributed by atoms with Crippen molar-refractivity contribution >= 4 is 23.6 Å². The van der Waals surface area contributed by atoms with Crippen LogP contribution in [0.3, 0.4) is 0 Å². The lowest BCUT2D eigenvalue weighted by molar-refractivity contribution is -0.127. The first kappa shape index (κ1) is 34.1. The van der Waals surface area contributed by atoms with Gasteiger partial charge in [-0.25, -0.2) is 24.1 Å². The third kappa shape index (κ3) is 7.30. The van der Waals surface area contributed by atoms with Gasteiger partial charge in [0.2, 0.25) is 11.8 Å². The lowest BCUT2D eigenvalue weighted by Gasteiger charge is -2.45. The minimum Gasteiger partial charge on any atom is -0.481 e. The van der Waals surface area contributed by atoms with E-state index in [1.165, 1.54) is 19.2 Å². The molecule has 2 unspecified atom stereocenters. The van der Waals surface area contributed by atoms with Crippen LogP contribution in [0.25, 0.3) is 11.3 Å². The Balaban J connectivity index is 1.01. The second kappa shape index (κ2) is 13.2. The fourth-order valence-electron chi connectivity index (χ4n) is 6.92. The standard InChI is InChI=1S/C34H44FN9O5/c1-20-18-42(19-21(2)44(20)32(47)49-33(3,4)5)23-14-36-28(37-15-23)17-39-30(45)22-7-10-43(34(13-22)8-9-34)31(46)27-12-26(40-41-27)24-11-29(48-6)38-16-25(24)35/h11-12,14-16,20-22H,7-10,13,17-19H2,1-6H3,(H,39,45)(H,40,41)/t20?,21?,22-/m0/s1. The van der Waals surface area contributed by atoms with Crippen molar-refractivity contribution in [1.82, 2.24) is 40.3 Å². The minimum absolute atomic E-state index is 0.0629. The van der Waals surface area contributed by atoms with Crippen LogP contribution >= 0.6 is 0 Å². The number of ether oxygens (including phenoxy) is 2. The van der Waals surface area contributed by atoms with E-state index >= 15 is 0 Å². The predicted octanol–water partition coefficient (Wildman–Crippen LogP) is 3.94. The second-order valence-corrected chi connectivity index (χ2v) is 14.3. The van der Waals surface area contributed by atoms with Crippen molar-refractivity contribution in [3.8, 4) is 17.1 Å². The lowest BCUT2D eigenvalue weighted by Crippen LogP contribution is -2.59. The van der Waals surface area contributed by atoms with Crippen LogP contribution in [-0.4, -0.2) is 103 Å². The number of amides is 3. The maximum Gasteiger partial charge on any atom is 0.410 e. The summed E-state index contributed by atoms with van der Waals surface area (Å²) in [6.45, 7) is 11.4. The van der Waals surface area contributed by atoms with Gasteiger partial charge in [-0.1, -0.05) is 0 Å². The highest BCUT2D eigenvalue weighted by Crippen LogP contribution is 2.50. The van der Waals surface area contributed by atoms with Crippen LogP contribution in [0.2, 0.25) is 0 Å². The van der Waals surface area contributed by atoms with E-state index in [2.05, 4.69) is 35.4 Å². The van der Waals surface area contributed by atoms with Gasteiger partial charge in [0.15, 0.2) is 11.5 Å². The Kier molecular flexibility index (Phi) is 9.20. The number of carbonyl (C=O) groups excluding carboxylic acids is 3. The van der Waals surface area contributed by atoms with Gasteiger partial charge in [-0.2, -0.15) is 5.10 Å². The number of hydrogen-bond donors (Lipinski definition) is 2. The molecule has 5 heterocycles. The van der Waals surface area contributed by atoms with Crippen LogP contribution in [0.5, 0.6) is 5.88 Å². The predicted molar refractivity (Wildman–Crippen MR) is 177 cm³/mol. The third-order valence-electron chi connectivity index (χ3n) is 9.47. The zero-order valence-corrected chi connectivity index (χ0v) is 28.8. The van der Waals surface area contributed by atoms with Crippen molar-refractivity contribution in [3.63, 3.8) is 0 Å². The van der Waals surface area contributed by atoms with Gasteiger partial charge in [0.25, 0.3) is 5.91 Å². The van der Waals surface area contributed by atoms with Gasteiger partial charge in [-0.05, 0) is 66.4 Å². The topological polar surface area (TPSA) is 159 Å². The molecule has 0 radical (unpaired) electrons. The number of methoxy groups -OCH3 is 1. The van der Waals surface area contributed by atoms with Crippen molar-refractivity contribution in [1.29, 1.82) is 0 Å². The van der Waals surface area contributed by atoms with Gasteiger partial charge >= 0.3 is 6.09 Å². The number of nitrogens with zero attached hydrogens (tertiary/aromatic N) is 7. The fourth-order valence-corrected chi connectivity index (χ4v) is 6.92. The molecule has 49 heavy (non-hydrogen) atoms. The summed E-state index contributed by atoms with van der Waals surface area (Å²) in [5.74, 6) is -0.397. The summed E-state index contributed by atoms with van der Waals surface area (Å²) < 4.78 is 25.2. The van der Waals surface area contributed by atoms with Crippen molar-refractivity contribution in [2.45, 2.75) is 90.1 Å². The number of nitrogens with one attached hydrogen (secondary N) is 2. The van der Waals surface area contributed by atoms with Crippen molar-refractivity contribution < 1.29 is 28.2 Å². The van der Waals surface area contributed by atoms with E-state index in [0.717, 1.165) is 24.7 Å². The maximum atomic E-state index is 14.4. The molecule has 1 saturated carbocycles. The fraction of sp³-hybridized carbons (Fsp3) is 0.559. The summed E-state index contributed by atoms with van der Waals surface area (Å²) in [4.78, 5) is 58.2. The number of piperazine rings is 1. The Morgan fingerprint density at radius 3 is 2.39 bits per heavy atom. The van der Waals surface area contributed by atoms with Crippen LogP contribution in [0.4, 0.5) is 14.9 Å². The molecule has 3 aromatic rings. The molecule has 1 spiro atoms. The zero-order chi connectivity index (χ0) is 35.1.